The molecule has 1 N–H and O–H groups in total. The average molecular weight is 278 g/mol. The number of ether oxygens (including phenoxy) is 1. The van der Waals surface area contributed by atoms with Crippen LogP contribution in [0.2, 0.25) is 0 Å². The molecule has 0 bridgehead atoms. The maximum atomic E-state index is 13.6. The highest BCUT2D eigenvalue weighted by atomic mass is 19.1. The Morgan fingerprint density at radius 2 is 2.10 bits per heavy atom. The molecule has 0 amide bonds. The van der Waals surface area contributed by atoms with Crippen LogP contribution < -0.4 is 10.1 Å². The highest BCUT2D eigenvalue weighted by Gasteiger charge is 2.12. The summed E-state index contributed by atoms with van der Waals surface area (Å²) < 4.78 is 32.0. The van der Waals surface area contributed by atoms with Crippen molar-refractivity contribution in [2.75, 3.05) is 7.11 Å². The molecular weight excluding hydrogens is 262 g/mol. The lowest BCUT2D eigenvalue weighted by Crippen LogP contribution is -2.20. The summed E-state index contributed by atoms with van der Waals surface area (Å²) in [7, 11) is 1.54. The molecule has 0 radical (unpaired) electrons. The van der Waals surface area contributed by atoms with Crippen LogP contribution in [-0.4, -0.2) is 12.1 Å². The summed E-state index contributed by atoms with van der Waals surface area (Å²) in [6.07, 6.45) is 1.64. The summed E-state index contributed by atoms with van der Waals surface area (Å²) in [5.41, 5.74) is 1.16. The van der Waals surface area contributed by atoms with E-state index in [0.29, 0.717) is 18.0 Å². The number of nitrogens with one attached hydrogen (secondary N) is 1. The quantitative estimate of drug-likeness (QED) is 0.912. The largest absolute Gasteiger partial charge is 0.481 e. The van der Waals surface area contributed by atoms with Gasteiger partial charge in [-0.2, -0.15) is 0 Å². The summed E-state index contributed by atoms with van der Waals surface area (Å²) in [5, 5.41) is 3.13. The zero-order valence-corrected chi connectivity index (χ0v) is 11.4. The molecule has 0 aliphatic carbocycles. The van der Waals surface area contributed by atoms with E-state index >= 15 is 0 Å². The van der Waals surface area contributed by atoms with Crippen molar-refractivity contribution in [3.63, 3.8) is 0 Å². The van der Waals surface area contributed by atoms with Gasteiger partial charge in [-0.1, -0.05) is 6.07 Å². The van der Waals surface area contributed by atoms with Gasteiger partial charge in [-0.05, 0) is 31.2 Å². The molecule has 1 heterocycles. The van der Waals surface area contributed by atoms with E-state index in [4.69, 9.17) is 4.74 Å². The van der Waals surface area contributed by atoms with Gasteiger partial charge in [-0.15, -0.1) is 0 Å². The number of benzene rings is 1. The van der Waals surface area contributed by atoms with Crippen molar-refractivity contribution in [1.82, 2.24) is 10.3 Å². The molecule has 0 spiro atoms. The zero-order chi connectivity index (χ0) is 14.5. The topological polar surface area (TPSA) is 34.1 Å². The third-order valence-corrected chi connectivity index (χ3v) is 3.07. The molecule has 2 rings (SSSR count). The monoisotopic (exact) mass is 278 g/mol. The molecule has 5 heteroatoms. The van der Waals surface area contributed by atoms with Gasteiger partial charge >= 0.3 is 0 Å². The maximum absolute atomic E-state index is 13.6. The molecule has 0 aliphatic rings. The third-order valence-electron chi connectivity index (χ3n) is 3.07. The van der Waals surface area contributed by atoms with Gasteiger partial charge in [0, 0.05) is 29.9 Å². The number of aromatic nitrogens is 1. The number of hydrogen-bond donors (Lipinski definition) is 1. The van der Waals surface area contributed by atoms with E-state index in [-0.39, 0.29) is 6.04 Å². The highest BCUT2D eigenvalue weighted by molar-refractivity contribution is 5.26. The predicted molar refractivity (Wildman–Crippen MR) is 72.4 cm³/mol. The van der Waals surface area contributed by atoms with E-state index in [1.54, 1.807) is 26.3 Å². The van der Waals surface area contributed by atoms with Crippen molar-refractivity contribution in [1.29, 1.82) is 0 Å². The van der Waals surface area contributed by atoms with Crippen molar-refractivity contribution in [2.24, 2.45) is 0 Å². The van der Waals surface area contributed by atoms with Crippen LogP contribution in [0.3, 0.4) is 0 Å². The van der Waals surface area contributed by atoms with E-state index < -0.39 is 11.6 Å². The standard InChI is InChI=1S/C15H16F2N2O/c1-10(13-8-12(16)5-6-14(13)17)19-9-11-4-3-7-18-15(11)20-2/h3-8,10,19H,9H2,1-2H3. The van der Waals surface area contributed by atoms with Crippen molar-refractivity contribution in [3.05, 3.63) is 59.3 Å². The predicted octanol–water partition coefficient (Wildman–Crippen LogP) is 3.22. The van der Waals surface area contributed by atoms with Crippen LogP contribution in [0, 0.1) is 11.6 Å². The highest BCUT2D eigenvalue weighted by Crippen LogP contribution is 2.20. The summed E-state index contributed by atoms with van der Waals surface area (Å²) >= 11 is 0. The van der Waals surface area contributed by atoms with Crippen molar-refractivity contribution < 1.29 is 13.5 Å². The second-order valence-corrected chi connectivity index (χ2v) is 4.44. The van der Waals surface area contributed by atoms with Crippen molar-refractivity contribution >= 4 is 0 Å². The molecule has 1 aromatic heterocycles. The fourth-order valence-electron chi connectivity index (χ4n) is 1.96. The lowest BCUT2D eigenvalue weighted by atomic mass is 10.1. The van der Waals surface area contributed by atoms with Crippen molar-refractivity contribution in [2.45, 2.75) is 19.5 Å². The van der Waals surface area contributed by atoms with Crippen LogP contribution in [0.1, 0.15) is 24.1 Å². The lowest BCUT2D eigenvalue weighted by Gasteiger charge is -2.16. The smallest absolute Gasteiger partial charge is 0.217 e. The van der Waals surface area contributed by atoms with Gasteiger partial charge in [0.2, 0.25) is 5.88 Å². The molecule has 1 aromatic carbocycles. The van der Waals surface area contributed by atoms with Gasteiger partial charge in [0.05, 0.1) is 7.11 Å². The SMILES string of the molecule is COc1ncccc1CNC(C)c1cc(F)ccc1F. The molecule has 3 nitrogen and oxygen atoms in total. The van der Waals surface area contributed by atoms with E-state index in [1.807, 2.05) is 6.07 Å². The minimum atomic E-state index is -0.450. The van der Waals surface area contributed by atoms with Crippen LogP contribution >= 0.6 is 0 Å². The number of hydrogen-bond acceptors (Lipinski definition) is 3. The average Bonchev–Trinajstić information content (AvgIpc) is 2.47. The lowest BCUT2D eigenvalue weighted by molar-refractivity contribution is 0.388. The second kappa shape index (κ2) is 6.43. The number of methoxy groups -OCH3 is 1. The Bertz CT molecular complexity index is 590. The molecule has 20 heavy (non-hydrogen) atoms. The van der Waals surface area contributed by atoms with Crippen LogP contribution in [0.5, 0.6) is 5.88 Å². The molecule has 0 saturated heterocycles. The first-order valence-corrected chi connectivity index (χ1v) is 6.28. The van der Waals surface area contributed by atoms with E-state index in [0.717, 1.165) is 17.7 Å². The fraction of sp³-hybridized carbons (Fsp3) is 0.267. The first-order chi connectivity index (χ1) is 9.61. The summed E-state index contributed by atoms with van der Waals surface area (Å²) in [6.45, 7) is 2.23. The number of rotatable bonds is 5. The third kappa shape index (κ3) is 3.30. The number of pyridine rings is 1. The Balaban J connectivity index is 2.08. The molecule has 1 atom stereocenters. The van der Waals surface area contributed by atoms with Gasteiger partial charge in [0.1, 0.15) is 11.6 Å². The molecule has 1 unspecified atom stereocenters. The molecule has 0 fully saturated rings. The zero-order valence-electron chi connectivity index (χ0n) is 11.4. The molecule has 0 aliphatic heterocycles. The molecule has 106 valence electrons. The molecular formula is C15H16F2N2O. The van der Waals surface area contributed by atoms with Crippen LogP contribution in [-0.2, 0) is 6.54 Å². The minimum absolute atomic E-state index is 0.299. The van der Waals surface area contributed by atoms with Crippen LogP contribution in [0.25, 0.3) is 0 Å². The van der Waals surface area contributed by atoms with Gasteiger partial charge in [0.25, 0.3) is 0 Å². The van der Waals surface area contributed by atoms with Crippen LogP contribution in [0.4, 0.5) is 8.78 Å². The fourth-order valence-corrected chi connectivity index (χ4v) is 1.96. The van der Waals surface area contributed by atoms with Crippen LogP contribution in [0.15, 0.2) is 36.5 Å². The Kier molecular flexibility index (Phi) is 4.63. The first-order valence-electron chi connectivity index (χ1n) is 6.28. The minimum Gasteiger partial charge on any atom is -0.481 e. The first kappa shape index (κ1) is 14.4. The van der Waals surface area contributed by atoms with Gasteiger partial charge < -0.3 is 10.1 Å². The van der Waals surface area contributed by atoms with E-state index in [2.05, 4.69) is 10.3 Å². The van der Waals surface area contributed by atoms with Gasteiger partial charge in [-0.25, -0.2) is 13.8 Å². The second-order valence-electron chi connectivity index (χ2n) is 4.44. The summed E-state index contributed by atoms with van der Waals surface area (Å²) in [6, 6.07) is 6.78. The Morgan fingerprint density at radius 1 is 1.30 bits per heavy atom. The summed E-state index contributed by atoms with van der Waals surface area (Å²) in [5.74, 6) is -0.356. The Hall–Kier alpha value is -2.01. The molecule has 0 saturated carbocycles. The van der Waals surface area contributed by atoms with Gasteiger partial charge in [0.15, 0.2) is 0 Å². The normalized spacial score (nSPS) is 12.2. The number of halogens is 2. The van der Waals surface area contributed by atoms with Crippen molar-refractivity contribution in [3.8, 4) is 5.88 Å². The number of nitrogens with zero attached hydrogens (tertiary/aromatic N) is 1. The van der Waals surface area contributed by atoms with E-state index in [9.17, 15) is 8.78 Å². The Labute approximate surface area is 116 Å². The van der Waals surface area contributed by atoms with Gasteiger partial charge in [-0.3, -0.25) is 0 Å². The molecule has 2 aromatic rings. The summed E-state index contributed by atoms with van der Waals surface area (Å²) in [4.78, 5) is 4.08. The van der Waals surface area contributed by atoms with E-state index in [1.165, 1.54) is 6.07 Å². The Morgan fingerprint density at radius 3 is 2.85 bits per heavy atom. The maximum Gasteiger partial charge on any atom is 0.217 e.